The van der Waals surface area contributed by atoms with E-state index in [4.69, 9.17) is 4.74 Å². The number of carbonyl (C=O) groups excluding carboxylic acids is 3. The lowest BCUT2D eigenvalue weighted by atomic mass is 9.79. The first-order valence-electron chi connectivity index (χ1n) is 9.53. The van der Waals surface area contributed by atoms with E-state index in [0.717, 1.165) is 38.5 Å². The summed E-state index contributed by atoms with van der Waals surface area (Å²) in [6.45, 7) is -0.514. The minimum absolute atomic E-state index is 0.0978. The molecule has 0 heterocycles. The summed E-state index contributed by atoms with van der Waals surface area (Å²) in [7, 11) is 0. The highest BCUT2D eigenvalue weighted by Crippen LogP contribution is 2.42. The predicted molar refractivity (Wildman–Crippen MR) is 96.4 cm³/mol. The van der Waals surface area contributed by atoms with E-state index in [9.17, 15) is 18.8 Å². The molecule has 2 N–H and O–H groups in total. The van der Waals surface area contributed by atoms with Crippen LogP contribution in [0.1, 0.15) is 56.9 Å². The molecule has 0 spiro atoms. The number of esters is 1. The van der Waals surface area contributed by atoms with Crippen LogP contribution in [0.3, 0.4) is 0 Å². The van der Waals surface area contributed by atoms with Gasteiger partial charge in [-0.05, 0) is 43.4 Å². The normalized spacial score (nSPS) is 18.9. The Kier molecular flexibility index (Phi) is 6.08. The van der Waals surface area contributed by atoms with Gasteiger partial charge in [-0.1, -0.05) is 37.8 Å². The number of rotatable bonds is 5. The first-order chi connectivity index (χ1) is 13.0. The zero-order chi connectivity index (χ0) is 19.3. The first-order valence-corrected chi connectivity index (χ1v) is 9.53. The molecule has 0 radical (unpaired) electrons. The molecule has 0 aromatic heterocycles. The topological polar surface area (TPSA) is 84.5 Å². The van der Waals surface area contributed by atoms with Gasteiger partial charge in [0.2, 0.25) is 0 Å². The second-order valence-corrected chi connectivity index (χ2v) is 7.38. The number of nitrogens with one attached hydrogen (secondary N) is 2. The Morgan fingerprint density at radius 3 is 2.30 bits per heavy atom. The summed E-state index contributed by atoms with van der Waals surface area (Å²) in [6.07, 6.45) is 6.89. The Labute approximate surface area is 157 Å². The quantitative estimate of drug-likeness (QED) is 0.774. The van der Waals surface area contributed by atoms with Crippen LogP contribution in [0, 0.1) is 5.82 Å². The maximum absolute atomic E-state index is 13.2. The van der Waals surface area contributed by atoms with Gasteiger partial charge in [-0.25, -0.2) is 9.18 Å². The third kappa shape index (κ3) is 4.64. The van der Waals surface area contributed by atoms with Crippen LogP contribution in [-0.4, -0.2) is 30.6 Å². The van der Waals surface area contributed by atoms with Crippen molar-refractivity contribution in [3.05, 3.63) is 35.6 Å². The van der Waals surface area contributed by atoms with Crippen molar-refractivity contribution in [2.24, 2.45) is 0 Å². The largest absolute Gasteiger partial charge is 0.455 e. The van der Waals surface area contributed by atoms with E-state index in [1.807, 2.05) is 0 Å². The van der Waals surface area contributed by atoms with Crippen molar-refractivity contribution in [1.29, 1.82) is 0 Å². The molecule has 2 aliphatic carbocycles. The van der Waals surface area contributed by atoms with E-state index < -0.39 is 29.9 Å². The number of benzene rings is 1. The molecule has 7 heteroatoms. The Hall–Kier alpha value is -2.44. The number of carbonyl (C=O) groups is 3. The number of hydrogen-bond acceptors (Lipinski definition) is 4. The van der Waals surface area contributed by atoms with Crippen LogP contribution in [0.2, 0.25) is 0 Å². The van der Waals surface area contributed by atoms with Crippen LogP contribution in [0.25, 0.3) is 0 Å². The molecule has 3 amide bonds. The van der Waals surface area contributed by atoms with Gasteiger partial charge in [0.15, 0.2) is 6.61 Å². The highest BCUT2D eigenvalue weighted by molar-refractivity contribution is 5.96. The van der Waals surface area contributed by atoms with E-state index in [2.05, 4.69) is 10.6 Å². The molecule has 1 aromatic carbocycles. The SMILES string of the molecule is O=C(COC(=O)C1(c2ccc(F)cc2)CCCC1)NC(=O)NC1CCCC1. The standard InChI is InChI=1S/C20H25FN2O4/c21-15-9-7-14(8-10-15)20(11-3-4-12-20)18(25)27-13-17(24)23-19(26)22-16-5-1-2-6-16/h7-10,16H,1-6,11-13H2,(H2,22,23,24,26). The maximum atomic E-state index is 13.2. The predicted octanol–water partition coefficient (Wildman–Crippen LogP) is 2.95. The Morgan fingerprint density at radius 2 is 1.67 bits per heavy atom. The second-order valence-electron chi connectivity index (χ2n) is 7.38. The summed E-state index contributed by atoms with van der Waals surface area (Å²) in [6, 6.07) is 5.37. The molecule has 2 fully saturated rings. The second kappa shape index (κ2) is 8.50. The summed E-state index contributed by atoms with van der Waals surface area (Å²) in [5.41, 5.74) is -0.147. The molecule has 2 aliphatic rings. The summed E-state index contributed by atoms with van der Waals surface area (Å²) in [4.78, 5) is 36.5. The zero-order valence-electron chi connectivity index (χ0n) is 15.3. The van der Waals surface area contributed by atoms with Gasteiger partial charge in [0.05, 0.1) is 5.41 Å². The average Bonchev–Trinajstić information content (AvgIpc) is 3.32. The van der Waals surface area contributed by atoms with Gasteiger partial charge >= 0.3 is 12.0 Å². The van der Waals surface area contributed by atoms with Crippen LogP contribution >= 0.6 is 0 Å². The summed E-state index contributed by atoms with van der Waals surface area (Å²) in [5.74, 6) is -1.53. The highest BCUT2D eigenvalue weighted by Gasteiger charge is 2.44. The molecule has 0 saturated heterocycles. The van der Waals surface area contributed by atoms with Crippen molar-refractivity contribution in [1.82, 2.24) is 10.6 Å². The minimum Gasteiger partial charge on any atom is -0.455 e. The van der Waals surface area contributed by atoms with Gasteiger partial charge in [0, 0.05) is 6.04 Å². The molecule has 2 saturated carbocycles. The van der Waals surface area contributed by atoms with Crippen LogP contribution < -0.4 is 10.6 Å². The number of urea groups is 1. The fourth-order valence-corrected chi connectivity index (χ4v) is 4.08. The van der Waals surface area contributed by atoms with Crippen LogP contribution in [0.15, 0.2) is 24.3 Å². The van der Waals surface area contributed by atoms with Crippen LogP contribution in [0.4, 0.5) is 9.18 Å². The third-order valence-corrected chi connectivity index (χ3v) is 5.52. The fraction of sp³-hybridized carbons (Fsp3) is 0.550. The van der Waals surface area contributed by atoms with E-state index >= 15 is 0 Å². The summed E-state index contributed by atoms with van der Waals surface area (Å²) in [5, 5.41) is 4.94. The third-order valence-electron chi connectivity index (χ3n) is 5.52. The molecule has 1 aromatic rings. The molecule has 146 valence electrons. The van der Waals surface area contributed by atoms with Crippen molar-refractivity contribution >= 4 is 17.9 Å². The number of imide groups is 1. The Balaban J connectivity index is 1.54. The molecule has 3 rings (SSSR count). The smallest absolute Gasteiger partial charge is 0.321 e. The van der Waals surface area contributed by atoms with Crippen LogP contribution in [-0.2, 0) is 19.7 Å². The molecular formula is C20H25FN2O4. The number of amides is 3. The van der Waals surface area contributed by atoms with Crippen LogP contribution in [0.5, 0.6) is 0 Å². The highest BCUT2D eigenvalue weighted by atomic mass is 19.1. The van der Waals surface area contributed by atoms with E-state index in [1.54, 1.807) is 12.1 Å². The van der Waals surface area contributed by atoms with Crippen molar-refractivity contribution in [2.45, 2.75) is 62.8 Å². The average molecular weight is 376 g/mol. The lowest BCUT2D eigenvalue weighted by Crippen LogP contribution is -2.45. The molecule has 27 heavy (non-hydrogen) atoms. The molecule has 0 unspecified atom stereocenters. The molecular weight excluding hydrogens is 351 g/mol. The van der Waals surface area contributed by atoms with Gasteiger partial charge in [0.1, 0.15) is 5.82 Å². The van der Waals surface area contributed by atoms with Gasteiger partial charge in [-0.15, -0.1) is 0 Å². The Morgan fingerprint density at radius 1 is 1.04 bits per heavy atom. The van der Waals surface area contributed by atoms with Gasteiger partial charge in [0.25, 0.3) is 5.91 Å². The summed E-state index contributed by atoms with van der Waals surface area (Å²) >= 11 is 0. The molecule has 6 nitrogen and oxygen atoms in total. The minimum atomic E-state index is -0.847. The van der Waals surface area contributed by atoms with E-state index in [-0.39, 0.29) is 11.9 Å². The number of hydrogen-bond donors (Lipinski definition) is 2. The lowest BCUT2D eigenvalue weighted by molar-refractivity contribution is -0.154. The van der Waals surface area contributed by atoms with Crippen molar-refractivity contribution in [3.8, 4) is 0 Å². The van der Waals surface area contributed by atoms with Gasteiger partial charge in [-0.3, -0.25) is 14.9 Å². The number of halogens is 1. The van der Waals surface area contributed by atoms with Crippen molar-refractivity contribution in [3.63, 3.8) is 0 Å². The van der Waals surface area contributed by atoms with E-state index in [1.165, 1.54) is 12.1 Å². The van der Waals surface area contributed by atoms with E-state index in [0.29, 0.717) is 18.4 Å². The summed E-state index contributed by atoms with van der Waals surface area (Å²) < 4.78 is 18.4. The molecule has 0 atom stereocenters. The van der Waals surface area contributed by atoms with Gasteiger partial charge in [-0.2, -0.15) is 0 Å². The molecule has 0 bridgehead atoms. The number of ether oxygens (including phenoxy) is 1. The fourth-order valence-electron chi connectivity index (χ4n) is 4.08. The monoisotopic (exact) mass is 376 g/mol. The maximum Gasteiger partial charge on any atom is 0.321 e. The zero-order valence-corrected chi connectivity index (χ0v) is 15.3. The van der Waals surface area contributed by atoms with Gasteiger partial charge < -0.3 is 10.1 Å². The van der Waals surface area contributed by atoms with Crippen molar-refractivity contribution in [2.75, 3.05) is 6.61 Å². The molecule has 0 aliphatic heterocycles. The first kappa shape index (κ1) is 19.3. The van der Waals surface area contributed by atoms with Crippen molar-refractivity contribution < 1.29 is 23.5 Å². The lowest BCUT2D eigenvalue weighted by Gasteiger charge is -2.27. The Bertz CT molecular complexity index is 692.